The van der Waals surface area contributed by atoms with E-state index in [-0.39, 0.29) is 57.9 Å². The lowest BCUT2D eigenvalue weighted by atomic mass is 9.85. The van der Waals surface area contributed by atoms with Crippen molar-refractivity contribution < 1.29 is 28.1 Å². The van der Waals surface area contributed by atoms with E-state index in [2.05, 4.69) is 41.5 Å². The largest absolute Gasteiger partial charge is 0.426 e. The van der Waals surface area contributed by atoms with Gasteiger partial charge in [-0.2, -0.15) is 0 Å². The molecule has 7 heteroatoms. The summed E-state index contributed by atoms with van der Waals surface area (Å²) >= 11 is 0. The molecule has 0 heterocycles. The predicted octanol–water partition coefficient (Wildman–Crippen LogP) is 6.73. The lowest BCUT2D eigenvalue weighted by molar-refractivity contribution is -0.135. The molecule has 0 N–H and O–H groups in total. The molecule has 6 nitrogen and oxygen atoms in total. The second-order valence-corrected chi connectivity index (χ2v) is 11.5. The van der Waals surface area contributed by atoms with Crippen LogP contribution in [0, 0.1) is 13.8 Å². The standard InChI is InChI=1S/C28H39O6P/c1-19-9-11-23(21(17-19)27(3,4)5)33-25(29)13-15-31-35-32-16-14-26(30)34-24-12-10-20(2)18-22(24)28(6,7)8/h9-12,17-18,35H,13-16H2,1-8H3. The number of ether oxygens (including phenoxy) is 2. The second-order valence-electron chi connectivity index (χ2n) is 10.7. The molecule has 0 amide bonds. The van der Waals surface area contributed by atoms with E-state index in [0.717, 1.165) is 22.3 Å². The van der Waals surface area contributed by atoms with Gasteiger partial charge < -0.3 is 18.5 Å². The van der Waals surface area contributed by atoms with Crippen LogP contribution in [0.25, 0.3) is 0 Å². The first-order valence-corrected chi connectivity index (χ1v) is 12.7. The van der Waals surface area contributed by atoms with Gasteiger partial charge in [-0.05, 0) is 36.8 Å². The van der Waals surface area contributed by atoms with Crippen LogP contribution in [0.5, 0.6) is 11.5 Å². The quantitative estimate of drug-likeness (QED) is 0.155. The summed E-state index contributed by atoms with van der Waals surface area (Å²) in [5.41, 5.74) is 3.95. The molecule has 2 aromatic carbocycles. The molecule has 2 rings (SSSR count). The van der Waals surface area contributed by atoms with Gasteiger partial charge in [0.15, 0.2) is 9.03 Å². The number of hydrogen-bond donors (Lipinski definition) is 0. The maximum atomic E-state index is 12.2. The molecular weight excluding hydrogens is 463 g/mol. The summed E-state index contributed by atoms with van der Waals surface area (Å²) in [4.78, 5) is 24.5. The van der Waals surface area contributed by atoms with Crippen LogP contribution in [0.4, 0.5) is 0 Å². The second kappa shape index (κ2) is 12.6. The van der Waals surface area contributed by atoms with Crippen LogP contribution < -0.4 is 9.47 Å². The minimum absolute atomic E-state index is 0.110. The summed E-state index contributed by atoms with van der Waals surface area (Å²) in [6, 6.07) is 11.6. The predicted molar refractivity (Wildman–Crippen MR) is 140 cm³/mol. The van der Waals surface area contributed by atoms with Crippen molar-refractivity contribution in [2.75, 3.05) is 13.2 Å². The van der Waals surface area contributed by atoms with Crippen LogP contribution in [0.2, 0.25) is 0 Å². The van der Waals surface area contributed by atoms with E-state index >= 15 is 0 Å². The zero-order chi connectivity index (χ0) is 26.2. The van der Waals surface area contributed by atoms with E-state index < -0.39 is 0 Å². The highest BCUT2D eigenvalue weighted by atomic mass is 31.1. The Morgan fingerprint density at radius 3 is 1.40 bits per heavy atom. The number of aryl methyl sites for hydroxylation is 2. The Bertz CT molecular complexity index is 936. The zero-order valence-corrected chi connectivity index (χ0v) is 23.2. The van der Waals surface area contributed by atoms with Gasteiger partial charge in [0.2, 0.25) is 0 Å². The summed E-state index contributed by atoms with van der Waals surface area (Å²) in [7, 11) is -0.275. The van der Waals surface area contributed by atoms with Gasteiger partial charge in [-0.1, -0.05) is 76.9 Å². The Labute approximate surface area is 211 Å². The SMILES string of the molecule is Cc1ccc(OC(=O)CCOPOCCC(=O)Oc2ccc(C)cc2C(C)(C)C)c(C(C)(C)C)c1. The Balaban J connectivity index is 1.69. The van der Waals surface area contributed by atoms with Crippen LogP contribution in [0.1, 0.15) is 76.6 Å². The van der Waals surface area contributed by atoms with Crippen LogP contribution >= 0.6 is 9.03 Å². The van der Waals surface area contributed by atoms with E-state index in [0.29, 0.717) is 11.5 Å². The first-order valence-electron chi connectivity index (χ1n) is 11.9. The van der Waals surface area contributed by atoms with Crippen molar-refractivity contribution in [3.8, 4) is 11.5 Å². The van der Waals surface area contributed by atoms with E-state index in [1.54, 1.807) is 0 Å². The number of carbonyl (C=O) groups is 2. The number of esters is 2. The average Bonchev–Trinajstić information content (AvgIpc) is 2.74. The Kier molecular flexibility index (Phi) is 10.4. The molecule has 0 unspecified atom stereocenters. The van der Waals surface area contributed by atoms with Gasteiger partial charge in [0.25, 0.3) is 0 Å². The summed E-state index contributed by atoms with van der Waals surface area (Å²) in [5, 5.41) is 0. The van der Waals surface area contributed by atoms with E-state index in [4.69, 9.17) is 18.5 Å². The van der Waals surface area contributed by atoms with Gasteiger partial charge in [0, 0.05) is 11.1 Å². The molecule has 0 atom stereocenters. The summed E-state index contributed by atoms with van der Waals surface area (Å²) < 4.78 is 21.9. The molecular formula is C28H39O6P. The monoisotopic (exact) mass is 502 g/mol. The smallest absolute Gasteiger partial charge is 0.313 e. The fourth-order valence-corrected chi connectivity index (χ4v) is 3.83. The fraction of sp³-hybridized carbons (Fsp3) is 0.500. The Hall–Kier alpha value is -2.27. The molecule has 2 aromatic rings. The lowest BCUT2D eigenvalue weighted by Gasteiger charge is -2.22. The molecule has 0 aromatic heterocycles. The molecule has 0 aliphatic rings. The highest BCUT2D eigenvalue weighted by molar-refractivity contribution is 7.26. The maximum absolute atomic E-state index is 12.2. The van der Waals surface area contributed by atoms with Gasteiger partial charge in [-0.3, -0.25) is 9.59 Å². The molecule has 192 valence electrons. The van der Waals surface area contributed by atoms with E-state index in [9.17, 15) is 9.59 Å². The third kappa shape index (κ3) is 9.71. The number of carbonyl (C=O) groups excluding carboxylic acids is 2. The molecule has 0 aliphatic heterocycles. The number of rotatable bonds is 10. The molecule has 35 heavy (non-hydrogen) atoms. The third-order valence-electron chi connectivity index (χ3n) is 5.27. The Morgan fingerprint density at radius 1 is 0.686 bits per heavy atom. The molecule has 0 fully saturated rings. The minimum atomic E-state index is -0.361. The molecule has 0 radical (unpaired) electrons. The first-order chi connectivity index (χ1) is 16.3. The van der Waals surface area contributed by atoms with Crippen molar-refractivity contribution in [2.24, 2.45) is 0 Å². The summed E-state index contributed by atoms with van der Waals surface area (Å²) in [6.45, 7) is 16.9. The Morgan fingerprint density at radius 2 is 1.06 bits per heavy atom. The van der Waals surface area contributed by atoms with Crippen LogP contribution in [-0.2, 0) is 29.5 Å². The maximum Gasteiger partial charge on any atom is 0.313 e. The van der Waals surface area contributed by atoms with Crippen molar-refractivity contribution in [1.29, 1.82) is 0 Å². The van der Waals surface area contributed by atoms with Crippen molar-refractivity contribution in [2.45, 2.75) is 79.1 Å². The number of benzene rings is 2. The van der Waals surface area contributed by atoms with E-state index in [1.807, 2.05) is 50.2 Å². The van der Waals surface area contributed by atoms with Gasteiger partial charge in [-0.25, -0.2) is 0 Å². The van der Waals surface area contributed by atoms with Gasteiger partial charge in [0.1, 0.15) is 11.5 Å². The average molecular weight is 503 g/mol. The van der Waals surface area contributed by atoms with Crippen LogP contribution in [-0.4, -0.2) is 25.2 Å². The lowest BCUT2D eigenvalue weighted by Crippen LogP contribution is -2.17. The topological polar surface area (TPSA) is 71.1 Å². The first kappa shape index (κ1) is 29.0. The zero-order valence-electron chi connectivity index (χ0n) is 22.2. The highest BCUT2D eigenvalue weighted by Gasteiger charge is 2.22. The van der Waals surface area contributed by atoms with Gasteiger partial charge in [-0.15, -0.1) is 0 Å². The van der Waals surface area contributed by atoms with E-state index in [1.165, 1.54) is 0 Å². The molecule has 0 bridgehead atoms. The van der Waals surface area contributed by atoms with Crippen molar-refractivity contribution in [1.82, 2.24) is 0 Å². The fourth-order valence-electron chi connectivity index (χ4n) is 3.38. The molecule has 0 aliphatic carbocycles. The van der Waals surface area contributed by atoms with Gasteiger partial charge >= 0.3 is 11.9 Å². The van der Waals surface area contributed by atoms with Crippen LogP contribution in [0.3, 0.4) is 0 Å². The van der Waals surface area contributed by atoms with Crippen LogP contribution in [0.15, 0.2) is 36.4 Å². The highest BCUT2D eigenvalue weighted by Crippen LogP contribution is 2.33. The van der Waals surface area contributed by atoms with Crippen molar-refractivity contribution in [3.63, 3.8) is 0 Å². The van der Waals surface area contributed by atoms with Gasteiger partial charge in [0.05, 0.1) is 26.1 Å². The summed E-state index contributed by atoms with van der Waals surface area (Å²) in [5.74, 6) is 0.433. The minimum Gasteiger partial charge on any atom is -0.426 e. The molecule has 0 spiro atoms. The number of hydrogen-bond acceptors (Lipinski definition) is 6. The summed E-state index contributed by atoms with van der Waals surface area (Å²) in [6.07, 6.45) is 0.220. The normalized spacial score (nSPS) is 11.9. The molecule has 0 saturated heterocycles. The van der Waals surface area contributed by atoms with Crippen molar-refractivity contribution in [3.05, 3.63) is 58.7 Å². The van der Waals surface area contributed by atoms with Crippen molar-refractivity contribution >= 4 is 21.0 Å². The third-order valence-corrected chi connectivity index (χ3v) is 5.91. The molecule has 0 saturated carbocycles.